The second-order valence-corrected chi connectivity index (χ2v) is 6.27. The molecule has 2 nitrogen and oxygen atoms in total. The number of rotatable bonds is 4. The zero-order valence-corrected chi connectivity index (χ0v) is 13.7. The van der Waals surface area contributed by atoms with Gasteiger partial charge in [-0.25, -0.2) is 0 Å². The van der Waals surface area contributed by atoms with Gasteiger partial charge in [-0.1, -0.05) is 28.1 Å². The summed E-state index contributed by atoms with van der Waals surface area (Å²) < 4.78 is 7.76. The molecule has 2 rings (SSSR count). The Labute approximate surface area is 130 Å². The van der Waals surface area contributed by atoms with E-state index in [-0.39, 0.29) is 6.04 Å². The summed E-state index contributed by atoms with van der Waals surface area (Å²) in [5, 5.41) is 0. The van der Waals surface area contributed by atoms with Gasteiger partial charge in [-0.3, -0.25) is 0 Å². The van der Waals surface area contributed by atoms with Crippen molar-refractivity contribution in [1.82, 2.24) is 0 Å². The number of benzene rings is 2. The highest BCUT2D eigenvalue weighted by atomic mass is 79.9. The van der Waals surface area contributed by atoms with Crippen LogP contribution in [0.15, 0.2) is 51.4 Å². The normalized spacial score (nSPS) is 12.2. The molecule has 0 radical (unpaired) electrons. The average molecular weight is 385 g/mol. The van der Waals surface area contributed by atoms with Crippen LogP contribution in [0.5, 0.6) is 11.5 Å². The summed E-state index contributed by atoms with van der Waals surface area (Å²) in [6, 6.07) is 14.0. The fourth-order valence-corrected chi connectivity index (χ4v) is 2.88. The van der Waals surface area contributed by atoms with Gasteiger partial charge >= 0.3 is 0 Å². The molecule has 0 amide bonds. The van der Waals surface area contributed by atoms with E-state index in [9.17, 15) is 0 Å². The zero-order chi connectivity index (χ0) is 13.8. The molecule has 2 N–H and O–H groups in total. The van der Waals surface area contributed by atoms with E-state index in [1.54, 1.807) is 0 Å². The molecule has 0 saturated heterocycles. The summed E-state index contributed by atoms with van der Waals surface area (Å²) in [5.41, 5.74) is 7.00. The third kappa shape index (κ3) is 4.34. The fourth-order valence-electron chi connectivity index (χ4n) is 1.75. The summed E-state index contributed by atoms with van der Waals surface area (Å²) >= 11 is 6.90. The molecular weight excluding hydrogens is 370 g/mol. The molecule has 1 unspecified atom stereocenters. The smallest absolute Gasteiger partial charge is 0.141 e. The van der Waals surface area contributed by atoms with Gasteiger partial charge in [0.15, 0.2) is 0 Å². The van der Waals surface area contributed by atoms with Gasteiger partial charge in [0.25, 0.3) is 0 Å². The van der Waals surface area contributed by atoms with Crippen molar-refractivity contribution in [2.45, 2.75) is 19.4 Å². The van der Waals surface area contributed by atoms with Gasteiger partial charge in [0.05, 0.1) is 4.47 Å². The molecule has 0 heterocycles. The maximum absolute atomic E-state index is 5.83. The van der Waals surface area contributed by atoms with Crippen LogP contribution in [-0.4, -0.2) is 6.04 Å². The quantitative estimate of drug-likeness (QED) is 0.813. The van der Waals surface area contributed by atoms with Crippen LogP contribution in [0.3, 0.4) is 0 Å². The lowest BCUT2D eigenvalue weighted by Gasteiger charge is -2.09. The van der Waals surface area contributed by atoms with Gasteiger partial charge in [0, 0.05) is 10.5 Å². The van der Waals surface area contributed by atoms with Crippen molar-refractivity contribution in [2.75, 3.05) is 0 Å². The predicted molar refractivity (Wildman–Crippen MR) is 85.7 cm³/mol. The monoisotopic (exact) mass is 383 g/mol. The Hall–Kier alpha value is -0.840. The van der Waals surface area contributed by atoms with Crippen LogP contribution in [0.25, 0.3) is 0 Å². The van der Waals surface area contributed by atoms with Crippen LogP contribution in [0.4, 0.5) is 0 Å². The van der Waals surface area contributed by atoms with Gasteiger partial charge in [-0.15, -0.1) is 0 Å². The molecule has 0 aliphatic rings. The molecule has 0 spiro atoms. The highest BCUT2D eigenvalue weighted by Crippen LogP contribution is 2.32. The van der Waals surface area contributed by atoms with Crippen molar-refractivity contribution < 1.29 is 4.74 Å². The summed E-state index contributed by atoms with van der Waals surface area (Å²) in [6.07, 6.45) is 0.877. The van der Waals surface area contributed by atoms with E-state index in [2.05, 4.69) is 31.9 Å². The van der Waals surface area contributed by atoms with E-state index in [0.29, 0.717) is 0 Å². The third-order valence-electron chi connectivity index (χ3n) is 2.60. The Morgan fingerprint density at radius 2 is 1.79 bits per heavy atom. The minimum absolute atomic E-state index is 0.174. The van der Waals surface area contributed by atoms with Crippen molar-refractivity contribution in [3.8, 4) is 11.5 Å². The van der Waals surface area contributed by atoms with Crippen LogP contribution in [0.2, 0.25) is 0 Å². The van der Waals surface area contributed by atoms with E-state index >= 15 is 0 Å². The van der Waals surface area contributed by atoms with Gasteiger partial charge in [0.1, 0.15) is 11.5 Å². The van der Waals surface area contributed by atoms with E-state index in [1.165, 1.54) is 5.56 Å². The minimum atomic E-state index is 0.174. The zero-order valence-electron chi connectivity index (χ0n) is 10.6. The molecular formula is C15H15Br2NO. The molecule has 19 heavy (non-hydrogen) atoms. The number of nitrogens with two attached hydrogens (primary N) is 1. The lowest BCUT2D eigenvalue weighted by molar-refractivity contribution is 0.479. The van der Waals surface area contributed by atoms with Crippen molar-refractivity contribution in [3.05, 3.63) is 57.0 Å². The summed E-state index contributed by atoms with van der Waals surface area (Å²) in [6.45, 7) is 2.00. The maximum Gasteiger partial charge on any atom is 0.141 e. The minimum Gasteiger partial charge on any atom is -0.456 e. The Bertz CT molecular complexity index is 553. The van der Waals surface area contributed by atoms with Crippen molar-refractivity contribution in [2.24, 2.45) is 5.73 Å². The molecule has 1 atom stereocenters. The molecule has 2 aromatic rings. The van der Waals surface area contributed by atoms with Crippen LogP contribution >= 0.6 is 31.9 Å². The summed E-state index contributed by atoms with van der Waals surface area (Å²) in [4.78, 5) is 0. The number of hydrogen-bond acceptors (Lipinski definition) is 2. The molecule has 0 bridgehead atoms. The first-order valence-electron chi connectivity index (χ1n) is 6.02. The topological polar surface area (TPSA) is 35.2 Å². The number of hydrogen-bond donors (Lipinski definition) is 1. The Morgan fingerprint density at radius 3 is 2.37 bits per heavy atom. The molecule has 2 aromatic carbocycles. The molecule has 0 saturated carbocycles. The van der Waals surface area contributed by atoms with Gasteiger partial charge in [-0.05, 0) is 65.2 Å². The molecule has 0 aliphatic heterocycles. The first-order valence-corrected chi connectivity index (χ1v) is 7.60. The third-order valence-corrected chi connectivity index (χ3v) is 3.72. The highest BCUT2D eigenvalue weighted by Gasteiger charge is 2.04. The Balaban J connectivity index is 2.10. The Kier molecular flexibility index (Phi) is 5.02. The van der Waals surface area contributed by atoms with Gasteiger partial charge in [-0.2, -0.15) is 0 Å². The van der Waals surface area contributed by atoms with E-state index in [1.807, 2.05) is 49.4 Å². The van der Waals surface area contributed by atoms with Crippen LogP contribution in [0, 0.1) is 0 Å². The maximum atomic E-state index is 5.83. The lowest BCUT2D eigenvalue weighted by Crippen LogP contribution is -2.17. The standard InChI is InChI=1S/C15H15Br2NO/c1-10(18)8-11-2-5-13(6-3-11)19-15-7-4-12(16)9-14(15)17/h2-7,9-10H,8,18H2,1H3. The van der Waals surface area contributed by atoms with Gasteiger partial charge < -0.3 is 10.5 Å². The lowest BCUT2D eigenvalue weighted by atomic mass is 10.1. The van der Waals surface area contributed by atoms with Crippen molar-refractivity contribution >= 4 is 31.9 Å². The van der Waals surface area contributed by atoms with E-state index in [4.69, 9.17) is 10.5 Å². The molecule has 0 fully saturated rings. The summed E-state index contributed by atoms with van der Waals surface area (Å²) in [7, 11) is 0. The van der Waals surface area contributed by atoms with E-state index < -0.39 is 0 Å². The second kappa shape index (κ2) is 6.55. The van der Waals surface area contributed by atoms with Crippen molar-refractivity contribution in [1.29, 1.82) is 0 Å². The first-order chi connectivity index (χ1) is 9.04. The number of halogens is 2. The number of ether oxygens (including phenoxy) is 1. The Morgan fingerprint density at radius 1 is 1.11 bits per heavy atom. The SMILES string of the molecule is CC(N)Cc1ccc(Oc2ccc(Br)cc2Br)cc1. The molecule has 100 valence electrons. The fraction of sp³-hybridized carbons (Fsp3) is 0.200. The van der Waals surface area contributed by atoms with Gasteiger partial charge in [0.2, 0.25) is 0 Å². The average Bonchev–Trinajstić information content (AvgIpc) is 2.34. The summed E-state index contributed by atoms with van der Waals surface area (Å²) in [5.74, 6) is 1.61. The second-order valence-electron chi connectivity index (χ2n) is 4.50. The van der Waals surface area contributed by atoms with E-state index in [0.717, 1.165) is 26.9 Å². The highest BCUT2D eigenvalue weighted by molar-refractivity contribution is 9.11. The first kappa shape index (κ1) is 14.6. The largest absolute Gasteiger partial charge is 0.456 e. The predicted octanol–water partition coefficient (Wildman–Crippen LogP) is 4.89. The van der Waals surface area contributed by atoms with Crippen LogP contribution < -0.4 is 10.5 Å². The molecule has 0 aliphatic carbocycles. The molecule has 4 heteroatoms. The van der Waals surface area contributed by atoms with Crippen molar-refractivity contribution in [3.63, 3.8) is 0 Å². The van der Waals surface area contributed by atoms with Crippen LogP contribution in [0.1, 0.15) is 12.5 Å². The molecule has 0 aromatic heterocycles. The van der Waals surface area contributed by atoms with Crippen LogP contribution in [-0.2, 0) is 6.42 Å².